The Labute approximate surface area is 216 Å². The van der Waals surface area contributed by atoms with Gasteiger partial charge in [0.05, 0.1) is 5.02 Å². The first-order valence-electron chi connectivity index (χ1n) is 11.5. The second-order valence-electron chi connectivity index (χ2n) is 8.88. The lowest BCUT2D eigenvalue weighted by atomic mass is 9.91. The molecule has 0 saturated heterocycles. The Kier molecular flexibility index (Phi) is 9.29. The number of hydrogen-bond acceptors (Lipinski definition) is 5. The highest BCUT2D eigenvalue weighted by Gasteiger charge is 2.23. The number of halogens is 3. The molecular weight excluding hydrogens is 488 g/mol. The molecule has 0 spiro atoms. The Morgan fingerprint density at radius 2 is 1.71 bits per heavy atom. The molecule has 0 aliphatic heterocycles. The second kappa shape index (κ2) is 12.2. The van der Waals surface area contributed by atoms with Crippen molar-refractivity contribution in [1.82, 2.24) is 15.3 Å². The molecule has 1 aliphatic rings. The average molecular weight is 518 g/mol. The average Bonchev–Trinajstić information content (AvgIpc) is 2.82. The number of benzene rings is 2. The zero-order chi connectivity index (χ0) is 24.1. The lowest BCUT2D eigenvalue weighted by molar-refractivity contribution is 0.0926. The van der Waals surface area contributed by atoms with Gasteiger partial charge in [0.1, 0.15) is 23.3 Å². The molecule has 0 radical (unpaired) electrons. The van der Waals surface area contributed by atoms with Crippen LogP contribution in [0.3, 0.4) is 0 Å². The molecule has 1 amide bonds. The number of amides is 1. The fraction of sp³-hybridized carbons (Fsp3) is 0.346. The fourth-order valence-electron chi connectivity index (χ4n) is 4.14. The van der Waals surface area contributed by atoms with Gasteiger partial charge in [-0.15, -0.1) is 12.4 Å². The Bertz CT molecular complexity index is 1140. The number of carbonyl (C=O) groups is 1. The molecule has 0 bridgehead atoms. The Morgan fingerprint density at radius 3 is 2.37 bits per heavy atom. The van der Waals surface area contributed by atoms with Gasteiger partial charge >= 0.3 is 0 Å². The standard InChI is InChI=1S/C26H29ClFN5O.ClH/c1-33(2)25-16-24(31-23(32-25)14-17-6-4-3-5-7-17)29-19-9-11-20(12-10-19)30-26(34)18-8-13-22(28)21(27)15-18;/h3-8,13,15-16,19-20H,9-12,14H2,1-2H3,(H,30,34)(H,29,31,32);1H/t19-,20+;. The quantitative estimate of drug-likeness (QED) is 0.432. The van der Waals surface area contributed by atoms with E-state index < -0.39 is 5.82 Å². The molecule has 186 valence electrons. The van der Waals surface area contributed by atoms with Gasteiger partial charge < -0.3 is 15.5 Å². The van der Waals surface area contributed by atoms with Crippen LogP contribution < -0.4 is 15.5 Å². The largest absolute Gasteiger partial charge is 0.367 e. The highest BCUT2D eigenvalue weighted by atomic mass is 35.5. The number of carbonyl (C=O) groups excluding carboxylic acids is 1. The number of anilines is 2. The number of hydrogen-bond donors (Lipinski definition) is 2. The summed E-state index contributed by atoms with van der Waals surface area (Å²) in [5.41, 5.74) is 1.54. The van der Waals surface area contributed by atoms with Crippen molar-refractivity contribution in [2.75, 3.05) is 24.3 Å². The molecule has 2 N–H and O–H groups in total. The predicted molar refractivity (Wildman–Crippen MR) is 141 cm³/mol. The summed E-state index contributed by atoms with van der Waals surface area (Å²) in [6.45, 7) is 0. The van der Waals surface area contributed by atoms with Crippen molar-refractivity contribution in [3.8, 4) is 0 Å². The smallest absolute Gasteiger partial charge is 0.251 e. The summed E-state index contributed by atoms with van der Waals surface area (Å²) in [6.07, 6.45) is 4.18. The molecular formula is C26H30Cl2FN5O. The minimum absolute atomic E-state index is 0. The molecule has 2 aromatic carbocycles. The minimum Gasteiger partial charge on any atom is -0.367 e. The van der Waals surface area contributed by atoms with Crippen LogP contribution >= 0.6 is 24.0 Å². The third kappa shape index (κ3) is 7.29. The van der Waals surface area contributed by atoms with E-state index in [2.05, 4.69) is 22.8 Å². The summed E-state index contributed by atoms with van der Waals surface area (Å²) in [4.78, 5) is 24.0. The number of nitrogens with one attached hydrogen (secondary N) is 2. The first-order valence-corrected chi connectivity index (χ1v) is 11.9. The monoisotopic (exact) mass is 517 g/mol. The van der Waals surface area contributed by atoms with E-state index in [1.807, 2.05) is 43.3 Å². The zero-order valence-electron chi connectivity index (χ0n) is 19.8. The molecule has 1 aromatic heterocycles. The van der Waals surface area contributed by atoms with Gasteiger partial charge in [0.15, 0.2) is 0 Å². The molecule has 35 heavy (non-hydrogen) atoms. The highest BCUT2D eigenvalue weighted by Crippen LogP contribution is 2.24. The lowest BCUT2D eigenvalue weighted by Gasteiger charge is -2.30. The van der Waals surface area contributed by atoms with Gasteiger partial charge in [0.2, 0.25) is 0 Å². The second-order valence-corrected chi connectivity index (χ2v) is 9.29. The zero-order valence-corrected chi connectivity index (χ0v) is 21.4. The first-order chi connectivity index (χ1) is 16.4. The van der Waals surface area contributed by atoms with E-state index in [1.54, 1.807) is 0 Å². The SMILES string of the molecule is CN(C)c1cc(N[C@H]2CC[C@@H](NC(=O)c3ccc(F)c(Cl)c3)CC2)nc(Cc2ccccc2)n1.Cl. The van der Waals surface area contributed by atoms with Crippen molar-refractivity contribution in [3.63, 3.8) is 0 Å². The van der Waals surface area contributed by atoms with Gasteiger partial charge in [0, 0.05) is 44.2 Å². The van der Waals surface area contributed by atoms with Crippen molar-refractivity contribution < 1.29 is 9.18 Å². The van der Waals surface area contributed by atoms with E-state index in [9.17, 15) is 9.18 Å². The van der Waals surface area contributed by atoms with E-state index in [0.29, 0.717) is 12.0 Å². The minimum atomic E-state index is -0.529. The fourth-order valence-corrected chi connectivity index (χ4v) is 4.32. The summed E-state index contributed by atoms with van der Waals surface area (Å²) in [7, 11) is 3.95. The van der Waals surface area contributed by atoms with Crippen molar-refractivity contribution in [1.29, 1.82) is 0 Å². The van der Waals surface area contributed by atoms with E-state index in [4.69, 9.17) is 21.6 Å². The normalized spacial score (nSPS) is 17.3. The summed E-state index contributed by atoms with van der Waals surface area (Å²) < 4.78 is 13.4. The van der Waals surface area contributed by atoms with Crippen LogP contribution in [0.1, 0.15) is 47.4 Å². The lowest BCUT2D eigenvalue weighted by Crippen LogP contribution is -2.40. The maximum absolute atomic E-state index is 13.4. The van der Waals surface area contributed by atoms with Gasteiger partial charge in [-0.2, -0.15) is 0 Å². The van der Waals surface area contributed by atoms with Crippen LogP contribution in [0, 0.1) is 5.82 Å². The van der Waals surface area contributed by atoms with Crippen LogP contribution in [-0.2, 0) is 6.42 Å². The molecule has 9 heteroatoms. The molecule has 1 saturated carbocycles. The van der Waals surface area contributed by atoms with Crippen LogP contribution in [0.4, 0.5) is 16.0 Å². The molecule has 0 unspecified atom stereocenters. The van der Waals surface area contributed by atoms with E-state index in [-0.39, 0.29) is 35.4 Å². The van der Waals surface area contributed by atoms with Crippen molar-refractivity contribution in [3.05, 3.63) is 82.4 Å². The van der Waals surface area contributed by atoms with E-state index >= 15 is 0 Å². The van der Waals surface area contributed by atoms with Crippen LogP contribution in [0.15, 0.2) is 54.6 Å². The molecule has 3 aromatic rings. The third-order valence-electron chi connectivity index (χ3n) is 6.02. The topological polar surface area (TPSA) is 70.2 Å². The number of aromatic nitrogens is 2. The summed E-state index contributed by atoms with van der Waals surface area (Å²) in [5, 5.41) is 6.57. The highest BCUT2D eigenvalue weighted by molar-refractivity contribution is 6.31. The van der Waals surface area contributed by atoms with Crippen LogP contribution in [0.2, 0.25) is 5.02 Å². The Balaban J connectivity index is 0.00000342. The summed E-state index contributed by atoms with van der Waals surface area (Å²) in [5.74, 6) is 1.70. The summed E-state index contributed by atoms with van der Waals surface area (Å²) >= 11 is 5.81. The van der Waals surface area contributed by atoms with Gasteiger partial charge in [0.25, 0.3) is 5.91 Å². The predicted octanol–water partition coefficient (Wildman–Crippen LogP) is 5.50. The van der Waals surface area contributed by atoms with Gasteiger partial charge in [-0.3, -0.25) is 4.79 Å². The summed E-state index contributed by atoms with van der Waals surface area (Å²) in [6, 6.07) is 16.5. The molecule has 1 heterocycles. The third-order valence-corrected chi connectivity index (χ3v) is 6.31. The van der Waals surface area contributed by atoms with Crippen molar-refractivity contribution in [2.24, 2.45) is 0 Å². The van der Waals surface area contributed by atoms with Gasteiger partial charge in [-0.25, -0.2) is 14.4 Å². The molecule has 1 aliphatic carbocycles. The maximum atomic E-state index is 13.4. The van der Waals surface area contributed by atoms with Gasteiger partial charge in [-0.1, -0.05) is 41.9 Å². The molecule has 4 rings (SSSR count). The maximum Gasteiger partial charge on any atom is 0.251 e. The number of nitrogens with zero attached hydrogens (tertiary/aromatic N) is 3. The number of rotatable bonds is 7. The van der Waals surface area contributed by atoms with E-state index in [0.717, 1.165) is 43.1 Å². The van der Waals surface area contributed by atoms with Gasteiger partial charge in [-0.05, 0) is 49.4 Å². The van der Waals surface area contributed by atoms with Crippen LogP contribution in [0.5, 0.6) is 0 Å². The Hall–Kier alpha value is -2.90. The van der Waals surface area contributed by atoms with Crippen molar-refractivity contribution in [2.45, 2.75) is 44.2 Å². The van der Waals surface area contributed by atoms with Crippen LogP contribution in [0.25, 0.3) is 0 Å². The molecule has 6 nitrogen and oxygen atoms in total. The van der Waals surface area contributed by atoms with E-state index in [1.165, 1.54) is 23.8 Å². The molecule has 1 fully saturated rings. The first kappa shape index (κ1) is 26.7. The Morgan fingerprint density at radius 1 is 1.03 bits per heavy atom. The van der Waals surface area contributed by atoms with Crippen LogP contribution in [-0.4, -0.2) is 42.1 Å². The van der Waals surface area contributed by atoms with Crippen molar-refractivity contribution >= 4 is 41.6 Å². The molecule has 0 atom stereocenters.